The van der Waals surface area contributed by atoms with E-state index in [-0.39, 0.29) is 17.8 Å². The Morgan fingerprint density at radius 2 is 1.48 bits per heavy atom. The lowest BCUT2D eigenvalue weighted by Crippen LogP contribution is -2.20. The average Bonchev–Trinajstić information content (AvgIpc) is 3.62. The molecule has 0 saturated carbocycles. The Morgan fingerprint density at radius 1 is 0.825 bits per heavy atom. The maximum absolute atomic E-state index is 12.6. The summed E-state index contributed by atoms with van der Waals surface area (Å²) >= 11 is 0. The van der Waals surface area contributed by atoms with Crippen molar-refractivity contribution in [3.8, 4) is 23.0 Å². The second-order valence-electron chi connectivity index (χ2n) is 10.2. The maximum atomic E-state index is 12.6. The number of hydrogen-bond acceptors (Lipinski definition) is 8. The predicted molar refractivity (Wildman–Crippen MR) is 151 cm³/mol. The standard InChI is InChI=1S/C31H41N3O6/c1-36-27-12-10-23(18-29(27)37-2)16-25-20-40-31(35)26(25)17-24-11-13-28(30(19-24)38-3)39-15-9-7-5-4-6-8-14-34-22-32-21-33-34/h10-13,18-19,21-22,25-26H,4-9,14-17,20H2,1-3H3/t25-,26+/m0/s1. The molecule has 2 heterocycles. The molecule has 2 atom stereocenters. The lowest BCUT2D eigenvalue weighted by molar-refractivity contribution is -0.141. The number of unbranched alkanes of at least 4 members (excludes halogenated alkanes) is 5. The fourth-order valence-electron chi connectivity index (χ4n) is 5.19. The van der Waals surface area contributed by atoms with E-state index in [0.29, 0.717) is 36.9 Å². The molecule has 2 aromatic carbocycles. The van der Waals surface area contributed by atoms with Gasteiger partial charge in [-0.3, -0.25) is 9.48 Å². The summed E-state index contributed by atoms with van der Waals surface area (Å²) < 4.78 is 29.8. The zero-order chi connectivity index (χ0) is 28.2. The van der Waals surface area contributed by atoms with Crippen LogP contribution in [0.5, 0.6) is 23.0 Å². The summed E-state index contributed by atoms with van der Waals surface area (Å²) in [6.45, 7) is 1.99. The van der Waals surface area contributed by atoms with Gasteiger partial charge >= 0.3 is 5.97 Å². The number of carbonyl (C=O) groups excluding carboxylic acids is 1. The van der Waals surface area contributed by atoms with Crippen molar-refractivity contribution in [2.24, 2.45) is 11.8 Å². The molecule has 0 N–H and O–H groups in total. The molecule has 0 unspecified atom stereocenters. The second kappa shape index (κ2) is 15.1. The molecule has 3 aromatic rings. The van der Waals surface area contributed by atoms with Crippen molar-refractivity contribution in [2.45, 2.75) is 57.9 Å². The molecule has 9 heteroatoms. The number of carbonyl (C=O) groups is 1. The summed E-state index contributed by atoms with van der Waals surface area (Å²) in [5.74, 6) is 2.50. The fraction of sp³-hybridized carbons (Fsp3) is 0.516. The predicted octanol–water partition coefficient (Wildman–Crippen LogP) is 5.30. The topological polar surface area (TPSA) is 93.9 Å². The Kier molecular flexibility index (Phi) is 11.1. The smallest absolute Gasteiger partial charge is 0.309 e. The number of rotatable bonds is 17. The van der Waals surface area contributed by atoms with Crippen molar-refractivity contribution in [1.29, 1.82) is 0 Å². The van der Waals surface area contributed by atoms with Gasteiger partial charge in [-0.1, -0.05) is 37.8 Å². The lowest BCUT2D eigenvalue weighted by atomic mass is 9.85. The van der Waals surface area contributed by atoms with E-state index >= 15 is 0 Å². The van der Waals surface area contributed by atoms with Crippen LogP contribution in [0.15, 0.2) is 49.1 Å². The number of aromatic nitrogens is 3. The molecule has 0 amide bonds. The molecule has 4 rings (SSSR count). The van der Waals surface area contributed by atoms with E-state index < -0.39 is 0 Å². The highest BCUT2D eigenvalue weighted by Crippen LogP contribution is 2.35. The van der Waals surface area contributed by atoms with Crippen LogP contribution in [0.4, 0.5) is 0 Å². The largest absolute Gasteiger partial charge is 0.493 e. The summed E-state index contributed by atoms with van der Waals surface area (Å²) in [5, 5.41) is 4.13. The molecule has 1 fully saturated rings. The molecule has 1 aliphatic rings. The van der Waals surface area contributed by atoms with Crippen LogP contribution in [0.25, 0.3) is 0 Å². The molecule has 0 radical (unpaired) electrons. The number of nitrogens with zero attached hydrogens (tertiary/aromatic N) is 3. The van der Waals surface area contributed by atoms with E-state index in [1.165, 1.54) is 19.3 Å². The molecule has 40 heavy (non-hydrogen) atoms. The Bertz CT molecular complexity index is 1200. The third-order valence-corrected chi connectivity index (χ3v) is 7.45. The molecule has 216 valence electrons. The number of esters is 1. The van der Waals surface area contributed by atoms with Crippen molar-refractivity contribution < 1.29 is 28.5 Å². The minimum absolute atomic E-state index is 0.0788. The Labute approximate surface area is 236 Å². The van der Waals surface area contributed by atoms with Gasteiger partial charge in [-0.15, -0.1) is 0 Å². The van der Waals surface area contributed by atoms with Gasteiger partial charge in [-0.2, -0.15) is 5.10 Å². The van der Waals surface area contributed by atoms with E-state index in [2.05, 4.69) is 10.1 Å². The summed E-state index contributed by atoms with van der Waals surface area (Å²) in [6, 6.07) is 11.8. The summed E-state index contributed by atoms with van der Waals surface area (Å²) in [6.07, 6.45) is 11.5. The van der Waals surface area contributed by atoms with Crippen molar-refractivity contribution in [2.75, 3.05) is 34.5 Å². The molecule has 0 bridgehead atoms. The molecule has 9 nitrogen and oxygen atoms in total. The molecule has 1 saturated heterocycles. The Morgan fingerprint density at radius 3 is 2.17 bits per heavy atom. The maximum Gasteiger partial charge on any atom is 0.309 e. The summed E-state index contributed by atoms with van der Waals surface area (Å²) in [4.78, 5) is 16.6. The van der Waals surface area contributed by atoms with E-state index in [1.807, 2.05) is 41.1 Å². The number of hydrogen-bond donors (Lipinski definition) is 0. The van der Waals surface area contributed by atoms with E-state index in [4.69, 9.17) is 23.7 Å². The average molecular weight is 552 g/mol. The third-order valence-electron chi connectivity index (χ3n) is 7.45. The van der Waals surface area contributed by atoms with Gasteiger partial charge in [0.2, 0.25) is 0 Å². The number of methoxy groups -OCH3 is 3. The van der Waals surface area contributed by atoms with Gasteiger partial charge in [0.25, 0.3) is 0 Å². The SMILES string of the molecule is COc1ccc(C[C@H]2COC(=O)[C@@H]2Cc2ccc(OCCCCCCCCn3cncn3)c(OC)c2)cc1OC. The highest BCUT2D eigenvalue weighted by atomic mass is 16.5. The monoisotopic (exact) mass is 551 g/mol. The van der Waals surface area contributed by atoms with Crippen LogP contribution in [0.1, 0.15) is 49.7 Å². The van der Waals surface area contributed by atoms with Crippen LogP contribution in [0.3, 0.4) is 0 Å². The number of ether oxygens (including phenoxy) is 5. The number of cyclic esters (lactones) is 1. The van der Waals surface area contributed by atoms with Gasteiger partial charge in [0.1, 0.15) is 12.7 Å². The molecule has 0 aliphatic carbocycles. The van der Waals surface area contributed by atoms with Crippen LogP contribution in [0, 0.1) is 11.8 Å². The molecule has 1 aromatic heterocycles. The number of benzene rings is 2. The fourth-order valence-corrected chi connectivity index (χ4v) is 5.19. The third kappa shape index (κ3) is 8.13. The second-order valence-corrected chi connectivity index (χ2v) is 10.2. The van der Waals surface area contributed by atoms with Crippen LogP contribution < -0.4 is 18.9 Å². The molecular weight excluding hydrogens is 510 g/mol. The zero-order valence-corrected chi connectivity index (χ0v) is 23.8. The zero-order valence-electron chi connectivity index (χ0n) is 23.8. The van der Waals surface area contributed by atoms with Gasteiger partial charge in [0.15, 0.2) is 23.0 Å². The highest BCUT2D eigenvalue weighted by Gasteiger charge is 2.37. The Hall–Kier alpha value is -3.75. The van der Waals surface area contributed by atoms with Crippen molar-refractivity contribution in [1.82, 2.24) is 14.8 Å². The van der Waals surface area contributed by atoms with Crippen LogP contribution >= 0.6 is 0 Å². The Balaban J connectivity index is 1.22. The van der Waals surface area contributed by atoms with E-state index in [9.17, 15) is 4.79 Å². The molecule has 0 spiro atoms. The minimum atomic E-state index is -0.221. The van der Waals surface area contributed by atoms with Crippen LogP contribution in [-0.4, -0.2) is 55.3 Å². The van der Waals surface area contributed by atoms with Gasteiger partial charge in [0.05, 0.1) is 40.5 Å². The molecular formula is C31H41N3O6. The summed E-state index contributed by atoms with van der Waals surface area (Å²) in [5.41, 5.74) is 2.11. The van der Waals surface area contributed by atoms with Crippen molar-refractivity contribution in [3.63, 3.8) is 0 Å². The first-order chi connectivity index (χ1) is 19.6. The van der Waals surface area contributed by atoms with Crippen LogP contribution in [0.2, 0.25) is 0 Å². The summed E-state index contributed by atoms with van der Waals surface area (Å²) in [7, 11) is 4.89. The first-order valence-corrected chi connectivity index (χ1v) is 14.1. The molecule has 1 aliphatic heterocycles. The van der Waals surface area contributed by atoms with Crippen molar-refractivity contribution in [3.05, 3.63) is 60.2 Å². The first-order valence-electron chi connectivity index (χ1n) is 14.1. The van der Waals surface area contributed by atoms with Gasteiger partial charge in [-0.25, -0.2) is 4.98 Å². The van der Waals surface area contributed by atoms with Crippen molar-refractivity contribution >= 4 is 5.97 Å². The van der Waals surface area contributed by atoms with E-state index in [0.717, 1.165) is 49.1 Å². The van der Waals surface area contributed by atoms with Gasteiger partial charge in [0, 0.05) is 12.5 Å². The quantitative estimate of drug-likeness (QED) is 0.165. The van der Waals surface area contributed by atoms with Gasteiger partial charge < -0.3 is 23.7 Å². The lowest BCUT2D eigenvalue weighted by Gasteiger charge is -2.18. The minimum Gasteiger partial charge on any atom is -0.493 e. The first kappa shape index (κ1) is 29.2. The van der Waals surface area contributed by atoms with Gasteiger partial charge in [-0.05, 0) is 61.1 Å². The normalized spacial score (nSPS) is 16.5. The van der Waals surface area contributed by atoms with E-state index in [1.54, 1.807) is 34.0 Å². The number of aryl methyl sites for hydroxylation is 1. The van der Waals surface area contributed by atoms with Crippen LogP contribution in [-0.2, 0) is 28.9 Å². The highest BCUT2D eigenvalue weighted by molar-refractivity contribution is 5.75.